The lowest BCUT2D eigenvalue weighted by Gasteiger charge is -2.21. The van der Waals surface area contributed by atoms with Gasteiger partial charge in [0.05, 0.1) is 23.9 Å². The summed E-state index contributed by atoms with van der Waals surface area (Å²) in [5.74, 6) is -3.65. The van der Waals surface area contributed by atoms with Crippen molar-refractivity contribution in [1.82, 2.24) is 14.8 Å². The third-order valence-corrected chi connectivity index (χ3v) is 5.93. The van der Waals surface area contributed by atoms with Gasteiger partial charge in [-0.1, -0.05) is 24.3 Å². The van der Waals surface area contributed by atoms with E-state index in [1.807, 2.05) is 38.1 Å². The third kappa shape index (κ3) is 4.67. The van der Waals surface area contributed by atoms with Crippen LogP contribution in [0.5, 0.6) is 0 Å². The number of pyridine rings is 1. The van der Waals surface area contributed by atoms with Crippen molar-refractivity contribution >= 4 is 17.5 Å². The maximum atomic E-state index is 13.7. The summed E-state index contributed by atoms with van der Waals surface area (Å²) in [7, 11) is 0. The lowest BCUT2D eigenvalue weighted by Crippen LogP contribution is -2.26. The van der Waals surface area contributed by atoms with Crippen LogP contribution in [0, 0.1) is 0 Å². The van der Waals surface area contributed by atoms with Crippen LogP contribution < -0.4 is 15.7 Å². The number of anilines is 2. The lowest BCUT2D eigenvalue weighted by atomic mass is 9.95. The molecule has 1 aliphatic rings. The molecular formula is C24H26F2N5O2-. The predicted octanol–water partition coefficient (Wildman–Crippen LogP) is 3.10. The van der Waals surface area contributed by atoms with Gasteiger partial charge in [0, 0.05) is 42.5 Å². The van der Waals surface area contributed by atoms with Crippen molar-refractivity contribution in [2.24, 2.45) is 0 Å². The Kier molecular flexibility index (Phi) is 6.05. The fourth-order valence-corrected chi connectivity index (χ4v) is 4.17. The molecule has 0 aliphatic carbocycles. The zero-order chi connectivity index (χ0) is 23.8. The zero-order valence-electron chi connectivity index (χ0n) is 18.6. The summed E-state index contributed by atoms with van der Waals surface area (Å²) < 4.78 is 29.1. The van der Waals surface area contributed by atoms with E-state index in [9.17, 15) is 18.7 Å². The van der Waals surface area contributed by atoms with Gasteiger partial charge in [0.1, 0.15) is 0 Å². The number of aryl methyl sites for hydroxylation is 2. The number of carboxylic acid groups (broad SMARTS) is 1. The molecule has 4 rings (SSSR count). The number of carbonyl (C=O) groups excluding carboxylic acids is 1. The first kappa shape index (κ1) is 22.7. The second-order valence-electron chi connectivity index (χ2n) is 8.63. The summed E-state index contributed by atoms with van der Waals surface area (Å²) >= 11 is 0. The maximum absolute atomic E-state index is 13.7. The first-order chi connectivity index (χ1) is 15.7. The molecule has 3 heterocycles. The largest absolute Gasteiger partial charge is 0.545 e. The van der Waals surface area contributed by atoms with Gasteiger partial charge >= 0.3 is 0 Å². The van der Waals surface area contributed by atoms with Crippen molar-refractivity contribution in [2.75, 3.05) is 23.7 Å². The highest BCUT2D eigenvalue weighted by atomic mass is 19.3. The first-order valence-corrected chi connectivity index (χ1v) is 10.9. The van der Waals surface area contributed by atoms with Crippen LogP contribution in [0.4, 0.5) is 20.3 Å². The Hall–Kier alpha value is -3.49. The number of nitrogens with zero attached hydrogens (tertiary/aromatic N) is 4. The quantitative estimate of drug-likeness (QED) is 0.589. The summed E-state index contributed by atoms with van der Waals surface area (Å²) in [6.45, 7) is 3.63. The Morgan fingerprint density at radius 2 is 1.97 bits per heavy atom. The Morgan fingerprint density at radius 3 is 2.64 bits per heavy atom. The molecule has 0 atom stereocenters. The van der Waals surface area contributed by atoms with Crippen molar-refractivity contribution in [3.63, 3.8) is 0 Å². The normalized spacial score (nSPS) is 15.4. The maximum Gasteiger partial charge on any atom is 0.266 e. The van der Waals surface area contributed by atoms with Crippen LogP contribution in [0.25, 0.3) is 11.1 Å². The summed E-state index contributed by atoms with van der Waals surface area (Å²) in [6, 6.07) is 9.42. The number of aromatic carboxylic acids is 1. The van der Waals surface area contributed by atoms with Crippen LogP contribution in [-0.4, -0.2) is 39.7 Å². The average molecular weight is 455 g/mol. The van der Waals surface area contributed by atoms with Crippen molar-refractivity contribution in [1.29, 1.82) is 0 Å². The number of nitrogen functional groups attached to an aromatic ring is 1. The van der Waals surface area contributed by atoms with Gasteiger partial charge in [0.2, 0.25) is 0 Å². The van der Waals surface area contributed by atoms with Gasteiger partial charge in [0.15, 0.2) is 5.82 Å². The minimum absolute atomic E-state index is 0.0251. The fraction of sp³-hybridized carbons (Fsp3) is 0.375. The number of nitrogens with two attached hydrogens (primary N) is 1. The van der Waals surface area contributed by atoms with Gasteiger partial charge in [-0.2, -0.15) is 5.10 Å². The molecule has 1 fully saturated rings. The van der Waals surface area contributed by atoms with Crippen LogP contribution in [0.15, 0.2) is 42.7 Å². The van der Waals surface area contributed by atoms with Crippen LogP contribution in [0.1, 0.15) is 47.9 Å². The van der Waals surface area contributed by atoms with Gasteiger partial charge in [-0.3, -0.25) is 4.68 Å². The molecule has 0 amide bonds. The van der Waals surface area contributed by atoms with Crippen LogP contribution >= 0.6 is 0 Å². The smallest absolute Gasteiger partial charge is 0.266 e. The fourth-order valence-electron chi connectivity index (χ4n) is 4.17. The number of aromatic nitrogens is 3. The summed E-state index contributed by atoms with van der Waals surface area (Å²) in [5, 5.41) is 16.0. The molecule has 0 spiro atoms. The average Bonchev–Trinajstić information content (AvgIpc) is 3.36. The topological polar surface area (TPSA) is 100 Å². The Bertz CT molecular complexity index is 1180. The van der Waals surface area contributed by atoms with E-state index in [2.05, 4.69) is 10.1 Å². The van der Waals surface area contributed by atoms with Crippen molar-refractivity contribution in [3.05, 3.63) is 59.5 Å². The number of hydrogen-bond acceptors (Lipinski definition) is 6. The molecule has 1 saturated heterocycles. The molecule has 3 aromatic rings. The Labute approximate surface area is 190 Å². The van der Waals surface area contributed by atoms with Gasteiger partial charge < -0.3 is 20.5 Å². The molecule has 1 aromatic carbocycles. The van der Waals surface area contributed by atoms with Crippen LogP contribution in [0.2, 0.25) is 0 Å². The van der Waals surface area contributed by atoms with E-state index >= 15 is 0 Å². The minimum atomic E-state index is -2.75. The van der Waals surface area contributed by atoms with E-state index < -0.39 is 18.4 Å². The van der Waals surface area contributed by atoms with Gasteiger partial charge in [-0.25, -0.2) is 13.8 Å². The molecule has 0 bridgehead atoms. The molecule has 0 saturated carbocycles. The van der Waals surface area contributed by atoms with E-state index in [-0.39, 0.29) is 24.6 Å². The van der Waals surface area contributed by atoms with E-state index in [0.29, 0.717) is 35.6 Å². The minimum Gasteiger partial charge on any atom is -0.545 e. The number of hydrogen-bond donors (Lipinski definition) is 1. The van der Waals surface area contributed by atoms with E-state index in [0.717, 1.165) is 11.1 Å². The highest BCUT2D eigenvalue weighted by Gasteiger charge is 2.39. The zero-order valence-corrected chi connectivity index (χ0v) is 18.6. The van der Waals surface area contributed by atoms with Gasteiger partial charge in [0.25, 0.3) is 5.92 Å². The van der Waals surface area contributed by atoms with Crippen molar-refractivity contribution in [2.45, 2.75) is 45.1 Å². The van der Waals surface area contributed by atoms with Crippen molar-refractivity contribution in [3.8, 4) is 11.1 Å². The molecule has 33 heavy (non-hydrogen) atoms. The lowest BCUT2D eigenvalue weighted by molar-refractivity contribution is -0.255. The molecule has 9 heteroatoms. The number of halogens is 2. The van der Waals surface area contributed by atoms with Crippen molar-refractivity contribution < 1.29 is 18.7 Å². The molecule has 1 aliphatic heterocycles. The number of benzene rings is 1. The Balaban J connectivity index is 1.63. The predicted molar refractivity (Wildman–Crippen MR) is 120 cm³/mol. The monoisotopic (exact) mass is 454 g/mol. The standard InChI is InChI=1S/C24H27F2N5O2/c1-15(2)31-13-19(23(32)33)20(29-31)8-7-16-5-3-4-6-17(16)18-9-11-28-22(21(18)27)30-12-10-24(25,26)14-30/h3-6,9,11,13,15H,7-8,10,12,14,27H2,1-2H3,(H,32,33)/p-1. The third-order valence-electron chi connectivity index (χ3n) is 5.93. The van der Waals surface area contributed by atoms with Crippen LogP contribution in [0.3, 0.4) is 0 Å². The molecule has 7 nitrogen and oxygen atoms in total. The second kappa shape index (κ2) is 8.80. The second-order valence-corrected chi connectivity index (χ2v) is 8.63. The molecule has 174 valence electrons. The molecule has 2 aromatic heterocycles. The number of rotatable bonds is 7. The highest BCUT2D eigenvalue weighted by Crippen LogP contribution is 2.38. The van der Waals surface area contributed by atoms with Gasteiger partial charge in [-0.05, 0) is 43.9 Å². The summed E-state index contributed by atoms with van der Waals surface area (Å²) in [6.07, 6.45) is 3.77. The number of carboxylic acids is 1. The number of alkyl halides is 2. The molecule has 2 N–H and O–H groups in total. The Morgan fingerprint density at radius 1 is 1.21 bits per heavy atom. The highest BCUT2D eigenvalue weighted by molar-refractivity contribution is 5.87. The SMILES string of the molecule is CC(C)n1cc(C(=O)[O-])c(CCc2ccccc2-c2ccnc(N3CCC(F)(F)C3)c2N)n1. The molecule has 0 radical (unpaired) electrons. The summed E-state index contributed by atoms with van der Waals surface area (Å²) in [4.78, 5) is 17.4. The van der Waals surface area contributed by atoms with Crippen LogP contribution in [-0.2, 0) is 12.8 Å². The summed E-state index contributed by atoms with van der Waals surface area (Å²) in [5.41, 5.74) is 9.80. The van der Waals surface area contributed by atoms with E-state index in [1.165, 1.54) is 11.1 Å². The molecule has 0 unspecified atom stereocenters. The van der Waals surface area contributed by atoms with E-state index in [1.54, 1.807) is 16.9 Å². The first-order valence-electron chi connectivity index (χ1n) is 10.9. The molecular weight excluding hydrogens is 428 g/mol. The van der Waals surface area contributed by atoms with E-state index in [4.69, 9.17) is 5.73 Å². The number of carbonyl (C=O) groups is 1. The van der Waals surface area contributed by atoms with Gasteiger partial charge in [-0.15, -0.1) is 0 Å².